The molecule has 25 heavy (non-hydrogen) atoms. The predicted octanol–water partition coefficient (Wildman–Crippen LogP) is 2.72. The van der Waals surface area contributed by atoms with E-state index in [1.807, 2.05) is 30.3 Å². The number of rotatable bonds is 3. The highest BCUT2D eigenvalue weighted by atomic mass is 16.5. The molecule has 3 heterocycles. The molecule has 0 saturated carbocycles. The Morgan fingerprint density at radius 2 is 1.92 bits per heavy atom. The molecule has 0 radical (unpaired) electrons. The van der Waals surface area contributed by atoms with Crippen molar-refractivity contribution < 1.29 is 9.53 Å². The largest absolute Gasteiger partial charge is 0.378 e. The summed E-state index contributed by atoms with van der Waals surface area (Å²) in [5.74, 6) is 0.503. The number of carbonyl (C=O) groups excluding carboxylic acids is 1. The molecule has 6 heteroatoms. The number of hydrogen-bond acceptors (Lipinski definition) is 5. The Labute approximate surface area is 145 Å². The number of aromatic nitrogens is 2. The maximum Gasteiger partial charge on any atom is 0.259 e. The zero-order valence-electron chi connectivity index (χ0n) is 13.7. The van der Waals surface area contributed by atoms with Gasteiger partial charge < -0.3 is 15.0 Å². The second kappa shape index (κ2) is 6.86. The van der Waals surface area contributed by atoms with Gasteiger partial charge in [0.15, 0.2) is 0 Å². The summed E-state index contributed by atoms with van der Waals surface area (Å²) in [6, 6.07) is 13.3. The van der Waals surface area contributed by atoms with Gasteiger partial charge in [-0.3, -0.25) is 9.78 Å². The fraction of sp³-hybridized carbons (Fsp3) is 0.211. The summed E-state index contributed by atoms with van der Waals surface area (Å²) in [6.07, 6.45) is 3.38. The highest BCUT2D eigenvalue weighted by Crippen LogP contribution is 2.21. The SMILES string of the molecule is O=C(Nc1cnc2ccccc2c1)c1cccnc1N1CCOCC1. The highest BCUT2D eigenvalue weighted by Gasteiger charge is 2.20. The van der Waals surface area contributed by atoms with E-state index in [-0.39, 0.29) is 5.91 Å². The topological polar surface area (TPSA) is 67.4 Å². The number of amides is 1. The fourth-order valence-electron chi connectivity index (χ4n) is 2.94. The lowest BCUT2D eigenvalue weighted by atomic mass is 10.2. The number of morpholine rings is 1. The lowest BCUT2D eigenvalue weighted by molar-refractivity contribution is 0.102. The molecule has 1 aliphatic rings. The van der Waals surface area contributed by atoms with Crippen molar-refractivity contribution in [3.8, 4) is 0 Å². The van der Waals surface area contributed by atoms with Gasteiger partial charge in [-0.1, -0.05) is 18.2 Å². The molecule has 126 valence electrons. The third kappa shape index (κ3) is 3.29. The van der Waals surface area contributed by atoms with Crippen molar-refractivity contribution in [1.29, 1.82) is 0 Å². The van der Waals surface area contributed by atoms with Crippen molar-refractivity contribution in [1.82, 2.24) is 9.97 Å². The van der Waals surface area contributed by atoms with Gasteiger partial charge in [-0.15, -0.1) is 0 Å². The summed E-state index contributed by atoms with van der Waals surface area (Å²) in [7, 11) is 0. The Balaban J connectivity index is 1.60. The second-order valence-corrected chi connectivity index (χ2v) is 5.84. The van der Waals surface area contributed by atoms with Crippen LogP contribution >= 0.6 is 0 Å². The van der Waals surface area contributed by atoms with Crippen molar-refractivity contribution in [2.45, 2.75) is 0 Å². The molecule has 3 aromatic rings. The predicted molar refractivity (Wildman–Crippen MR) is 97.0 cm³/mol. The minimum atomic E-state index is -0.188. The molecule has 1 aromatic carbocycles. The molecule has 0 aliphatic carbocycles. The van der Waals surface area contributed by atoms with E-state index in [1.54, 1.807) is 24.5 Å². The van der Waals surface area contributed by atoms with E-state index in [4.69, 9.17) is 4.74 Å². The van der Waals surface area contributed by atoms with Crippen LogP contribution in [0.2, 0.25) is 0 Å². The minimum Gasteiger partial charge on any atom is -0.378 e. The van der Waals surface area contributed by atoms with Crippen LogP contribution in [0, 0.1) is 0 Å². The Morgan fingerprint density at radius 1 is 1.08 bits per heavy atom. The standard InChI is InChI=1S/C19H18N4O2/c24-19(22-15-12-14-4-1-2-6-17(14)21-13-15)16-5-3-7-20-18(16)23-8-10-25-11-9-23/h1-7,12-13H,8-11H2,(H,22,24). The number of fused-ring (bicyclic) bond motifs is 1. The number of carbonyl (C=O) groups is 1. The summed E-state index contributed by atoms with van der Waals surface area (Å²) in [4.78, 5) is 23.6. The van der Waals surface area contributed by atoms with Crippen molar-refractivity contribution >= 4 is 28.3 Å². The fourth-order valence-corrected chi connectivity index (χ4v) is 2.94. The molecule has 1 saturated heterocycles. The first kappa shape index (κ1) is 15.5. The van der Waals surface area contributed by atoms with Crippen molar-refractivity contribution in [2.75, 3.05) is 36.5 Å². The average Bonchev–Trinajstić information content (AvgIpc) is 2.68. The Bertz CT molecular complexity index is 907. The molecule has 4 rings (SSSR count). The quantitative estimate of drug-likeness (QED) is 0.798. The van der Waals surface area contributed by atoms with Crippen molar-refractivity contribution in [3.63, 3.8) is 0 Å². The molecule has 0 unspecified atom stereocenters. The first-order chi connectivity index (χ1) is 12.3. The van der Waals surface area contributed by atoms with Crippen LogP contribution in [0.25, 0.3) is 10.9 Å². The second-order valence-electron chi connectivity index (χ2n) is 5.84. The molecular formula is C19H18N4O2. The maximum absolute atomic E-state index is 12.8. The molecule has 0 bridgehead atoms. The van der Waals surface area contributed by atoms with Crippen molar-refractivity contribution in [2.24, 2.45) is 0 Å². The summed E-state index contributed by atoms with van der Waals surface area (Å²) < 4.78 is 5.38. The summed E-state index contributed by atoms with van der Waals surface area (Å²) in [6.45, 7) is 2.75. The number of para-hydroxylation sites is 1. The smallest absolute Gasteiger partial charge is 0.259 e. The number of hydrogen-bond donors (Lipinski definition) is 1. The summed E-state index contributed by atoms with van der Waals surface area (Å²) in [5, 5.41) is 3.92. The van der Waals surface area contributed by atoms with Crippen molar-refractivity contribution in [3.05, 3.63) is 60.4 Å². The van der Waals surface area contributed by atoms with Crippen LogP contribution in [-0.4, -0.2) is 42.2 Å². The highest BCUT2D eigenvalue weighted by molar-refractivity contribution is 6.08. The lowest BCUT2D eigenvalue weighted by Crippen LogP contribution is -2.38. The van der Waals surface area contributed by atoms with E-state index < -0.39 is 0 Å². The number of nitrogens with one attached hydrogen (secondary N) is 1. The average molecular weight is 334 g/mol. The third-order valence-corrected chi connectivity index (χ3v) is 4.19. The van der Waals surface area contributed by atoms with Crippen LogP contribution in [0.4, 0.5) is 11.5 Å². The van der Waals surface area contributed by atoms with Gasteiger partial charge in [0.05, 0.1) is 36.2 Å². The molecular weight excluding hydrogens is 316 g/mol. The molecule has 0 spiro atoms. The van der Waals surface area contributed by atoms with Gasteiger partial charge in [0.25, 0.3) is 5.91 Å². The van der Waals surface area contributed by atoms with E-state index in [9.17, 15) is 4.79 Å². The minimum absolute atomic E-state index is 0.188. The molecule has 1 aliphatic heterocycles. The van der Waals surface area contributed by atoms with Gasteiger partial charge in [0.1, 0.15) is 5.82 Å². The van der Waals surface area contributed by atoms with Gasteiger partial charge in [0, 0.05) is 24.7 Å². The van der Waals surface area contributed by atoms with Gasteiger partial charge >= 0.3 is 0 Å². The first-order valence-electron chi connectivity index (χ1n) is 8.25. The van der Waals surface area contributed by atoms with Gasteiger partial charge in [-0.05, 0) is 24.3 Å². The van der Waals surface area contributed by atoms with Crippen LogP contribution < -0.4 is 10.2 Å². The zero-order valence-corrected chi connectivity index (χ0v) is 13.7. The van der Waals surface area contributed by atoms with Crippen LogP contribution in [0.3, 0.4) is 0 Å². The normalized spacial score (nSPS) is 14.5. The number of pyridine rings is 2. The number of benzene rings is 1. The van der Waals surface area contributed by atoms with Crippen LogP contribution in [-0.2, 0) is 4.74 Å². The maximum atomic E-state index is 12.8. The number of anilines is 2. The van der Waals surface area contributed by atoms with Gasteiger partial charge in [-0.2, -0.15) is 0 Å². The van der Waals surface area contributed by atoms with E-state index in [0.29, 0.717) is 30.3 Å². The zero-order chi connectivity index (χ0) is 17.1. The monoisotopic (exact) mass is 334 g/mol. The van der Waals surface area contributed by atoms with Gasteiger partial charge in [0.2, 0.25) is 0 Å². The van der Waals surface area contributed by atoms with Crippen LogP contribution in [0.5, 0.6) is 0 Å². The Kier molecular flexibility index (Phi) is 4.26. The van der Waals surface area contributed by atoms with Gasteiger partial charge in [-0.25, -0.2) is 4.98 Å². The third-order valence-electron chi connectivity index (χ3n) is 4.19. The van der Waals surface area contributed by atoms with E-state index in [1.165, 1.54) is 0 Å². The molecule has 1 N–H and O–H groups in total. The summed E-state index contributed by atoms with van der Waals surface area (Å²) >= 11 is 0. The van der Waals surface area contributed by atoms with Crippen LogP contribution in [0.15, 0.2) is 54.9 Å². The first-order valence-corrected chi connectivity index (χ1v) is 8.25. The molecule has 2 aromatic heterocycles. The molecule has 1 amide bonds. The summed E-state index contributed by atoms with van der Waals surface area (Å²) in [5.41, 5.74) is 2.12. The Hall–Kier alpha value is -2.99. The number of nitrogens with zero attached hydrogens (tertiary/aromatic N) is 3. The van der Waals surface area contributed by atoms with E-state index in [0.717, 1.165) is 24.0 Å². The lowest BCUT2D eigenvalue weighted by Gasteiger charge is -2.29. The van der Waals surface area contributed by atoms with Crippen LogP contribution in [0.1, 0.15) is 10.4 Å². The molecule has 6 nitrogen and oxygen atoms in total. The van der Waals surface area contributed by atoms with E-state index in [2.05, 4.69) is 20.2 Å². The Morgan fingerprint density at radius 3 is 2.80 bits per heavy atom. The molecule has 1 fully saturated rings. The van der Waals surface area contributed by atoms with E-state index >= 15 is 0 Å². The molecule has 0 atom stereocenters. The number of ether oxygens (including phenoxy) is 1.